The lowest BCUT2D eigenvalue weighted by Crippen LogP contribution is -2.36. The van der Waals surface area contributed by atoms with Crippen molar-refractivity contribution in [3.05, 3.63) is 63.1 Å². The average molecular weight is 367 g/mol. The van der Waals surface area contributed by atoms with Crippen LogP contribution in [0.5, 0.6) is 0 Å². The maximum absolute atomic E-state index is 12.7. The van der Waals surface area contributed by atoms with Crippen molar-refractivity contribution < 1.29 is 9.90 Å². The number of aliphatic hydroxyl groups excluding tert-OH is 1. The zero-order valence-electron chi connectivity index (χ0n) is 11.1. The monoisotopic (exact) mass is 365 g/mol. The van der Waals surface area contributed by atoms with Crippen molar-refractivity contribution in [1.29, 1.82) is 0 Å². The molecule has 1 aliphatic rings. The predicted octanol–water partition coefficient (Wildman–Crippen LogP) is 4.19. The number of nitrogens with zero attached hydrogens (tertiary/aromatic N) is 1. The Morgan fingerprint density at radius 2 is 1.95 bits per heavy atom. The smallest absolute Gasteiger partial charge is 0.258 e. The lowest BCUT2D eigenvalue weighted by atomic mass is 9.98. The van der Waals surface area contributed by atoms with E-state index >= 15 is 0 Å². The summed E-state index contributed by atoms with van der Waals surface area (Å²) in [5.41, 5.74) is 2.06. The normalized spacial score (nSPS) is 17.5. The maximum Gasteiger partial charge on any atom is 0.258 e. The second-order valence-corrected chi connectivity index (χ2v) is 6.32. The first kappa shape index (κ1) is 14.6. The number of aliphatic hydroxyl groups is 1. The lowest BCUT2D eigenvalue weighted by Gasteiger charge is -2.32. The minimum Gasteiger partial charge on any atom is -0.388 e. The van der Waals surface area contributed by atoms with E-state index in [1.54, 1.807) is 35.2 Å². The van der Waals surface area contributed by atoms with Crippen molar-refractivity contribution in [3.63, 3.8) is 0 Å². The number of hydrogen-bond donors (Lipinski definition) is 1. The number of halogens is 2. The molecule has 108 valence electrons. The van der Waals surface area contributed by atoms with Crippen LogP contribution in [0.15, 0.2) is 46.9 Å². The standard InChI is InChI=1S/C16H13BrClNO2/c17-11-3-1-10(2-4-11)16(21)19-8-7-15(20)13-9-12(18)5-6-14(13)19/h1-6,9,15,20H,7-8H2. The van der Waals surface area contributed by atoms with Crippen molar-refractivity contribution in [2.75, 3.05) is 11.4 Å². The molecule has 0 fully saturated rings. The number of amides is 1. The Labute approximate surface area is 136 Å². The third-order valence-electron chi connectivity index (χ3n) is 3.60. The number of anilines is 1. The summed E-state index contributed by atoms with van der Waals surface area (Å²) in [5.74, 6) is -0.0713. The van der Waals surface area contributed by atoms with Crippen molar-refractivity contribution in [3.8, 4) is 0 Å². The molecule has 2 aromatic carbocycles. The first-order valence-electron chi connectivity index (χ1n) is 6.61. The third-order valence-corrected chi connectivity index (χ3v) is 4.37. The molecule has 0 saturated heterocycles. The topological polar surface area (TPSA) is 40.5 Å². The fraction of sp³-hybridized carbons (Fsp3) is 0.188. The number of rotatable bonds is 1. The van der Waals surface area contributed by atoms with Crippen LogP contribution in [0, 0.1) is 0 Å². The van der Waals surface area contributed by atoms with Gasteiger partial charge in [0.25, 0.3) is 5.91 Å². The van der Waals surface area contributed by atoms with E-state index in [2.05, 4.69) is 15.9 Å². The summed E-state index contributed by atoms with van der Waals surface area (Å²) < 4.78 is 0.931. The van der Waals surface area contributed by atoms with E-state index in [4.69, 9.17) is 11.6 Å². The lowest BCUT2D eigenvalue weighted by molar-refractivity contribution is 0.0970. The summed E-state index contributed by atoms with van der Waals surface area (Å²) in [7, 11) is 0. The van der Waals surface area contributed by atoms with Gasteiger partial charge in [-0.15, -0.1) is 0 Å². The number of fused-ring (bicyclic) bond motifs is 1. The highest BCUT2D eigenvalue weighted by atomic mass is 79.9. The molecule has 3 rings (SSSR count). The Hall–Kier alpha value is -1.36. The van der Waals surface area contributed by atoms with Crippen molar-refractivity contribution in [1.82, 2.24) is 0 Å². The Kier molecular flexibility index (Phi) is 4.02. The largest absolute Gasteiger partial charge is 0.388 e. The zero-order chi connectivity index (χ0) is 15.0. The molecule has 0 bridgehead atoms. The van der Waals surface area contributed by atoms with Crippen molar-refractivity contribution in [2.24, 2.45) is 0 Å². The molecule has 1 unspecified atom stereocenters. The summed E-state index contributed by atoms with van der Waals surface area (Å²) in [6.07, 6.45) is -0.0667. The predicted molar refractivity (Wildman–Crippen MR) is 86.8 cm³/mol. The van der Waals surface area contributed by atoms with Gasteiger partial charge >= 0.3 is 0 Å². The van der Waals surface area contributed by atoms with Gasteiger partial charge in [0.1, 0.15) is 0 Å². The molecule has 1 N–H and O–H groups in total. The fourth-order valence-electron chi connectivity index (χ4n) is 2.52. The number of carbonyl (C=O) groups excluding carboxylic acids is 1. The van der Waals surface area contributed by atoms with E-state index < -0.39 is 6.10 Å². The highest BCUT2D eigenvalue weighted by Crippen LogP contribution is 2.36. The molecule has 5 heteroatoms. The van der Waals surface area contributed by atoms with E-state index in [-0.39, 0.29) is 5.91 Å². The summed E-state index contributed by atoms with van der Waals surface area (Å²) >= 11 is 9.34. The fourth-order valence-corrected chi connectivity index (χ4v) is 2.97. The minimum atomic E-state index is -0.576. The van der Waals surface area contributed by atoms with Crippen LogP contribution in [0.25, 0.3) is 0 Å². The number of hydrogen-bond acceptors (Lipinski definition) is 2. The maximum atomic E-state index is 12.7. The highest BCUT2D eigenvalue weighted by molar-refractivity contribution is 9.10. The average Bonchev–Trinajstić information content (AvgIpc) is 2.48. The molecule has 21 heavy (non-hydrogen) atoms. The van der Waals surface area contributed by atoms with Crippen LogP contribution in [0.1, 0.15) is 28.4 Å². The first-order valence-corrected chi connectivity index (χ1v) is 7.78. The van der Waals surface area contributed by atoms with Gasteiger partial charge in [0.2, 0.25) is 0 Å². The van der Waals surface area contributed by atoms with Crippen LogP contribution in [0.4, 0.5) is 5.69 Å². The molecule has 0 radical (unpaired) electrons. The molecule has 1 aliphatic heterocycles. The second kappa shape index (κ2) is 5.79. The van der Waals surface area contributed by atoms with Crippen LogP contribution in [-0.2, 0) is 0 Å². The Balaban J connectivity index is 1.99. The molecular formula is C16H13BrClNO2. The highest BCUT2D eigenvalue weighted by Gasteiger charge is 2.28. The van der Waals surface area contributed by atoms with Crippen LogP contribution in [-0.4, -0.2) is 17.6 Å². The molecule has 2 aromatic rings. The summed E-state index contributed by atoms with van der Waals surface area (Å²) in [6, 6.07) is 12.5. The molecule has 0 spiro atoms. The molecule has 0 aliphatic carbocycles. The first-order chi connectivity index (χ1) is 10.1. The van der Waals surface area contributed by atoms with Crippen molar-refractivity contribution in [2.45, 2.75) is 12.5 Å². The number of carbonyl (C=O) groups is 1. The van der Waals surface area contributed by atoms with Gasteiger partial charge < -0.3 is 10.0 Å². The molecule has 0 saturated carbocycles. The summed E-state index contributed by atoms with van der Waals surface area (Å²) in [5, 5.41) is 10.7. The van der Waals surface area contributed by atoms with E-state index in [9.17, 15) is 9.90 Å². The quantitative estimate of drug-likeness (QED) is 0.822. The SMILES string of the molecule is O=C(c1ccc(Br)cc1)N1CCC(O)c2cc(Cl)ccc21. The van der Waals surface area contributed by atoms with Crippen LogP contribution in [0.3, 0.4) is 0 Å². The second-order valence-electron chi connectivity index (χ2n) is 4.97. The van der Waals surface area contributed by atoms with Gasteiger partial charge in [0.15, 0.2) is 0 Å². The van der Waals surface area contributed by atoms with Crippen molar-refractivity contribution >= 4 is 39.1 Å². The molecule has 0 aromatic heterocycles. The summed E-state index contributed by atoms with van der Waals surface area (Å²) in [4.78, 5) is 14.4. The Morgan fingerprint density at radius 3 is 2.67 bits per heavy atom. The van der Waals surface area contributed by atoms with Crippen LogP contribution >= 0.6 is 27.5 Å². The van der Waals surface area contributed by atoms with Gasteiger partial charge in [-0.1, -0.05) is 27.5 Å². The van der Waals surface area contributed by atoms with Gasteiger partial charge in [0, 0.05) is 32.9 Å². The zero-order valence-corrected chi connectivity index (χ0v) is 13.4. The van der Waals surface area contributed by atoms with E-state index in [0.29, 0.717) is 29.1 Å². The molecule has 1 amide bonds. The van der Waals surface area contributed by atoms with E-state index in [0.717, 1.165) is 10.2 Å². The van der Waals surface area contributed by atoms with Crippen LogP contribution < -0.4 is 4.90 Å². The Bertz CT molecular complexity index is 687. The molecular weight excluding hydrogens is 354 g/mol. The molecule has 1 heterocycles. The van der Waals surface area contributed by atoms with Gasteiger partial charge in [-0.3, -0.25) is 4.79 Å². The van der Waals surface area contributed by atoms with Gasteiger partial charge in [-0.05, 0) is 48.9 Å². The summed E-state index contributed by atoms with van der Waals surface area (Å²) in [6.45, 7) is 0.491. The van der Waals surface area contributed by atoms with Gasteiger partial charge in [-0.25, -0.2) is 0 Å². The van der Waals surface area contributed by atoms with Gasteiger partial charge in [0.05, 0.1) is 6.10 Å². The van der Waals surface area contributed by atoms with E-state index in [1.807, 2.05) is 12.1 Å². The minimum absolute atomic E-state index is 0.0713. The molecule has 1 atom stereocenters. The van der Waals surface area contributed by atoms with Crippen LogP contribution in [0.2, 0.25) is 5.02 Å². The third kappa shape index (κ3) is 2.84. The van der Waals surface area contributed by atoms with Gasteiger partial charge in [-0.2, -0.15) is 0 Å². The van der Waals surface area contributed by atoms with E-state index in [1.165, 1.54) is 0 Å². The molecule has 3 nitrogen and oxygen atoms in total. The Morgan fingerprint density at radius 1 is 1.24 bits per heavy atom. The number of benzene rings is 2.